The van der Waals surface area contributed by atoms with Crippen LogP contribution in [0.5, 0.6) is 0 Å². The molecular formula is C21H27N3O6. The summed E-state index contributed by atoms with van der Waals surface area (Å²) in [4.78, 5) is 35.8. The SMILES string of the molecule is CCC1=C(N(C)C=O)C(c2ccc([N+](=O)[O-])cc2)C(C(=O)O)=C(CCCCOC)N1. The highest BCUT2D eigenvalue weighted by atomic mass is 16.6. The smallest absolute Gasteiger partial charge is 0.334 e. The second-order valence-electron chi connectivity index (χ2n) is 6.99. The average Bonchev–Trinajstić information content (AvgIpc) is 2.74. The predicted octanol–water partition coefficient (Wildman–Crippen LogP) is 3.15. The van der Waals surface area contributed by atoms with Gasteiger partial charge in [-0.15, -0.1) is 0 Å². The number of carbonyl (C=O) groups excluding carboxylic acids is 1. The van der Waals surface area contributed by atoms with Crippen LogP contribution in [0.1, 0.15) is 44.1 Å². The van der Waals surface area contributed by atoms with Crippen molar-refractivity contribution >= 4 is 18.1 Å². The maximum absolute atomic E-state index is 12.3. The molecular weight excluding hydrogens is 390 g/mol. The van der Waals surface area contributed by atoms with Crippen LogP contribution in [-0.4, -0.2) is 48.1 Å². The van der Waals surface area contributed by atoms with Gasteiger partial charge in [0.15, 0.2) is 0 Å². The largest absolute Gasteiger partial charge is 0.478 e. The zero-order chi connectivity index (χ0) is 22.3. The molecule has 0 fully saturated rings. The number of unbranched alkanes of at least 4 members (excludes halogenated alkanes) is 1. The number of methoxy groups -OCH3 is 1. The summed E-state index contributed by atoms with van der Waals surface area (Å²) in [5.41, 5.74) is 2.49. The Hall–Kier alpha value is -3.20. The summed E-state index contributed by atoms with van der Waals surface area (Å²) >= 11 is 0. The first kappa shape index (κ1) is 23.1. The van der Waals surface area contributed by atoms with Crippen molar-refractivity contribution in [1.82, 2.24) is 10.2 Å². The third kappa shape index (κ3) is 5.04. The van der Waals surface area contributed by atoms with Crippen molar-refractivity contribution in [2.75, 3.05) is 20.8 Å². The fourth-order valence-corrected chi connectivity index (χ4v) is 3.65. The van der Waals surface area contributed by atoms with E-state index < -0.39 is 16.8 Å². The van der Waals surface area contributed by atoms with Crippen molar-refractivity contribution in [2.45, 2.75) is 38.5 Å². The Morgan fingerprint density at radius 2 is 1.97 bits per heavy atom. The maximum atomic E-state index is 12.3. The Labute approximate surface area is 175 Å². The zero-order valence-corrected chi connectivity index (χ0v) is 17.4. The highest BCUT2D eigenvalue weighted by Gasteiger charge is 2.36. The first-order chi connectivity index (χ1) is 14.3. The maximum Gasteiger partial charge on any atom is 0.334 e. The molecule has 1 aliphatic rings. The minimum Gasteiger partial charge on any atom is -0.478 e. The standard InChI is InChI=1S/C21H27N3O6/c1-4-16-20(23(2)13-25)18(14-8-10-15(11-9-14)24(28)29)19(21(26)27)17(22-16)7-5-6-12-30-3/h8-11,13,18,22H,4-7,12H2,1-3H3,(H,26,27). The van der Waals surface area contributed by atoms with Crippen molar-refractivity contribution in [3.8, 4) is 0 Å². The van der Waals surface area contributed by atoms with Gasteiger partial charge in [0, 0.05) is 44.3 Å². The fraction of sp³-hybridized carbons (Fsp3) is 0.429. The van der Waals surface area contributed by atoms with E-state index in [2.05, 4.69) is 5.32 Å². The number of nitro benzene ring substituents is 1. The average molecular weight is 417 g/mol. The molecule has 0 aliphatic carbocycles. The second kappa shape index (κ2) is 10.5. The number of carboxylic acid groups (broad SMARTS) is 1. The Balaban J connectivity index is 2.60. The summed E-state index contributed by atoms with van der Waals surface area (Å²) in [7, 11) is 3.19. The Bertz CT molecular complexity index is 860. The topological polar surface area (TPSA) is 122 Å². The van der Waals surface area contributed by atoms with Crippen molar-refractivity contribution in [3.05, 3.63) is 62.6 Å². The molecule has 1 heterocycles. The van der Waals surface area contributed by atoms with E-state index >= 15 is 0 Å². The number of carbonyl (C=O) groups is 2. The van der Waals surface area contributed by atoms with Gasteiger partial charge in [-0.3, -0.25) is 14.9 Å². The molecule has 9 nitrogen and oxygen atoms in total. The number of hydrogen-bond acceptors (Lipinski definition) is 6. The quantitative estimate of drug-likeness (QED) is 0.245. The lowest BCUT2D eigenvalue weighted by molar-refractivity contribution is -0.384. The van der Waals surface area contributed by atoms with Crippen LogP contribution in [0.2, 0.25) is 0 Å². The van der Waals surface area contributed by atoms with E-state index in [0.717, 1.165) is 18.5 Å². The van der Waals surface area contributed by atoms with Gasteiger partial charge in [-0.05, 0) is 31.2 Å². The summed E-state index contributed by atoms with van der Waals surface area (Å²) in [6, 6.07) is 5.79. The number of benzene rings is 1. The number of rotatable bonds is 11. The van der Waals surface area contributed by atoms with Gasteiger partial charge in [-0.2, -0.15) is 0 Å². The van der Waals surface area contributed by atoms with Crippen LogP contribution in [-0.2, 0) is 14.3 Å². The molecule has 0 bridgehead atoms. The molecule has 1 aromatic carbocycles. The molecule has 9 heteroatoms. The fourth-order valence-electron chi connectivity index (χ4n) is 3.65. The number of dihydropyridines is 1. The van der Waals surface area contributed by atoms with Gasteiger partial charge in [-0.1, -0.05) is 19.1 Å². The lowest BCUT2D eigenvalue weighted by atomic mass is 9.82. The van der Waals surface area contributed by atoms with Crippen LogP contribution in [0.15, 0.2) is 46.9 Å². The molecule has 162 valence electrons. The van der Waals surface area contributed by atoms with Crippen LogP contribution in [0.25, 0.3) is 0 Å². The Morgan fingerprint density at radius 3 is 2.47 bits per heavy atom. The lowest BCUT2D eigenvalue weighted by Crippen LogP contribution is -2.35. The van der Waals surface area contributed by atoms with Gasteiger partial charge in [-0.25, -0.2) is 4.79 Å². The number of aliphatic carboxylic acids is 1. The number of ether oxygens (including phenoxy) is 1. The summed E-state index contributed by atoms with van der Waals surface area (Å²) in [6.45, 7) is 2.50. The molecule has 0 spiro atoms. The third-order valence-electron chi connectivity index (χ3n) is 5.08. The highest BCUT2D eigenvalue weighted by Crippen LogP contribution is 2.41. The van der Waals surface area contributed by atoms with Crippen molar-refractivity contribution in [3.63, 3.8) is 0 Å². The van der Waals surface area contributed by atoms with Gasteiger partial charge >= 0.3 is 5.97 Å². The Morgan fingerprint density at radius 1 is 1.30 bits per heavy atom. The van der Waals surface area contributed by atoms with E-state index in [9.17, 15) is 24.8 Å². The summed E-state index contributed by atoms with van der Waals surface area (Å²) in [5, 5.41) is 24.3. The highest BCUT2D eigenvalue weighted by molar-refractivity contribution is 5.91. The number of allylic oxidation sites excluding steroid dienone is 3. The Kier molecular flexibility index (Phi) is 8.11. The van der Waals surface area contributed by atoms with Crippen molar-refractivity contribution < 1.29 is 24.4 Å². The molecule has 1 atom stereocenters. The monoisotopic (exact) mass is 417 g/mol. The van der Waals surface area contributed by atoms with E-state index in [0.29, 0.717) is 42.8 Å². The lowest BCUT2D eigenvalue weighted by Gasteiger charge is -2.35. The van der Waals surface area contributed by atoms with E-state index in [4.69, 9.17) is 4.74 Å². The molecule has 1 aromatic rings. The van der Waals surface area contributed by atoms with Gasteiger partial charge in [0.25, 0.3) is 5.69 Å². The first-order valence-corrected chi connectivity index (χ1v) is 9.73. The summed E-state index contributed by atoms with van der Waals surface area (Å²) in [6.07, 6.45) is 3.22. The number of nitro groups is 1. The molecule has 1 unspecified atom stereocenters. The number of nitrogens with zero attached hydrogens (tertiary/aromatic N) is 2. The molecule has 0 radical (unpaired) electrons. The molecule has 0 aromatic heterocycles. The van der Waals surface area contributed by atoms with Gasteiger partial charge in [0.2, 0.25) is 6.41 Å². The summed E-state index contributed by atoms with van der Waals surface area (Å²) < 4.78 is 5.07. The number of non-ortho nitro benzene ring substituents is 1. The zero-order valence-electron chi connectivity index (χ0n) is 17.4. The van der Waals surface area contributed by atoms with Gasteiger partial charge in [0.1, 0.15) is 0 Å². The molecule has 0 saturated heterocycles. The van der Waals surface area contributed by atoms with Crippen LogP contribution < -0.4 is 5.32 Å². The molecule has 2 N–H and O–H groups in total. The number of nitrogens with one attached hydrogen (secondary N) is 1. The van der Waals surface area contributed by atoms with Gasteiger partial charge in [0.05, 0.1) is 22.1 Å². The van der Waals surface area contributed by atoms with E-state index in [1.165, 1.54) is 17.0 Å². The van der Waals surface area contributed by atoms with E-state index in [-0.39, 0.29) is 11.3 Å². The van der Waals surface area contributed by atoms with Crippen LogP contribution >= 0.6 is 0 Å². The van der Waals surface area contributed by atoms with Crippen molar-refractivity contribution in [1.29, 1.82) is 0 Å². The second-order valence-corrected chi connectivity index (χ2v) is 6.99. The number of hydrogen-bond donors (Lipinski definition) is 2. The molecule has 2 rings (SSSR count). The third-order valence-corrected chi connectivity index (χ3v) is 5.08. The van der Waals surface area contributed by atoms with Crippen LogP contribution in [0.3, 0.4) is 0 Å². The number of amides is 1. The molecule has 1 amide bonds. The minimum atomic E-state index is -1.10. The van der Waals surface area contributed by atoms with Gasteiger partial charge < -0.3 is 20.1 Å². The van der Waals surface area contributed by atoms with Crippen LogP contribution in [0.4, 0.5) is 5.69 Å². The van der Waals surface area contributed by atoms with Crippen molar-refractivity contribution in [2.24, 2.45) is 0 Å². The molecule has 0 saturated carbocycles. The molecule has 1 aliphatic heterocycles. The number of carboxylic acids is 1. The number of likely N-dealkylation sites (N-methyl/N-ethyl adjacent to an activating group) is 1. The van der Waals surface area contributed by atoms with Crippen LogP contribution in [0, 0.1) is 10.1 Å². The van der Waals surface area contributed by atoms with E-state index in [1.807, 2.05) is 6.92 Å². The predicted molar refractivity (Wildman–Crippen MR) is 111 cm³/mol. The summed E-state index contributed by atoms with van der Waals surface area (Å²) in [5.74, 6) is -1.83. The minimum absolute atomic E-state index is 0.0849. The first-order valence-electron chi connectivity index (χ1n) is 9.73. The molecule has 30 heavy (non-hydrogen) atoms. The van der Waals surface area contributed by atoms with E-state index in [1.54, 1.807) is 26.3 Å². The normalized spacial score (nSPS) is 16.3.